The molecule has 0 spiro atoms. The third-order valence-corrected chi connectivity index (χ3v) is 2.65. The van der Waals surface area contributed by atoms with E-state index < -0.39 is 5.91 Å². The van der Waals surface area contributed by atoms with Crippen LogP contribution in [0.2, 0.25) is 0 Å². The molecule has 5 heteroatoms. The Morgan fingerprint density at radius 2 is 2.29 bits per heavy atom. The third kappa shape index (κ3) is 2.41. The predicted molar refractivity (Wildman–Crippen MR) is 55.5 cm³/mol. The Balaban J connectivity index is 2.88. The smallest absolute Gasteiger partial charge is 0.227 e. The molecule has 4 nitrogen and oxygen atoms in total. The van der Waals surface area contributed by atoms with Gasteiger partial charge in [0.05, 0.1) is 17.0 Å². The van der Waals surface area contributed by atoms with E-state index in [1.165, 1.54) is 11.8 Å². The number of primary amides is 1. The minimum Gasteiger partial charge on any atom is -0.397 e. The molecule has 72 valence electrons. The monoisotopic (exact) mass is 207 g/mol. The summed E-state index contributed by atoms with van der Waals surface area (Å²) in [5.74, 6) is -0.240. The Labute approximate surface area is 85.9 Å². The van der Waals surface area contributed by atoms with Crippen LogP contribution in [-0.2, 0) is 4.79 Å². The highest BCUT2D eigenvalue weighted by molar-refractivity contribution is 8.00. The molecule has 0 heterocycles. The first kappa shape index (κ1) is 10.4. The van der Waals surface area contributed by atoms with E-state index in [-0.39, 0.29) is 5.75 Å². The van der Waals surface area contributed by atoms with E-state index in [2.05, 4.69) is 0 Å². The summed E-state index contributed by atoms with van der Waals surface area (Å²) in [5, 5.41) is 8.69. The van der Waals surface area contributed by atoms with Crippen molar-refractivity contribution in [1.29, 1.82) is 5.26 Å². The maximum absolute atomic E-state index is 10.5. The molecule has 0 atom stereocenters. The van der Waals surface area contributed by atoms with Crippen molar-refractivity contribution in [3.05, 3.63) is 23.8 Å². The van der Waals surface area contributed by atoms with E-state index in [9.17, 15) is 4.79 Å². The van der Waals surface area contributed by atoms with E-state index >= 15 is 0 Å². The number of para-hydroxylation sites is 1. The van der Waals surface area contributed by atoms with Gasteiger partial charge in [-0.05, 0) is 12.1 Å². The molecule has 0 radical (unpaired) electrons. The van der Waals surface area contributed by atoms with Gasteiger partial charge < -0.3 is 11.5 Å². The van der Waals surface area contributed by atoms with Crippen molar-refractivity contribution in [3.63, 3.8) is 0 Å². The summed E-state index contributed by atoms with van der Waals surface area (Å²) >= 11 is 1.23. The quantitative estimate of drug-likeness (QED) is 0.564. The molecule has 14 heavy (non-hydrogen) atoms. The number of hydrogen-bond acceptors (Lipinski definition) is 4. The van der Waals surface area contributed by atoms with Crippen molar-refractivity contribution >= 4 is 23.4 Å². The largest absolute Gasteiger partial charge is 0.397 e. The molecule has 1 aromatic rings. The van der Waals surface area contributed by atoms with Crippen molar-refractivity contribution in [2.75, 3.05) is 11.5 Å². The number of nitrogens with zero attached hydrogens (tertiary/aromatic N) is 1. The molecule has 0 saturated carbocycles. The normalized spacial score (nSPS) is 9.36. The number of carbonyl (C=O) groups is 1. The van der Waals surface area contributed by atoms with E-state index in [0.29, 0.717) is 16.1 Å². The standard InChI is InChI=1S/C9H9N3OS/c10-4-6-2-1-3-7(9(6)12)14-5-8(11)13/h1-3H,5,12H2,(H2,11,13). The van der Waals surface area contributed by atoms with Gasteiger partial charge in [0.15, 0.2) is 0 Å². The first-order valence-corrected chi connectivity index (χ1v) is 4.83. The van der Waals surface area contributed by atoms with Gasteiger partial charge in [-0.3, -0.25) is 4.79 Å². The zero-order valence-electron chi connectivity index (χ0n) is 7.36. The molecule has 0 saturated heterocycles. The SMILES string of the molecule is N#Cc1cccc(SCC(N)=O)c1N. The number of nitrogens with two attached hydrogens (primary N) is 2. The minimum atomic E-state index is -0.406. The topological polar surface area (TPSA) is 92.9 Å². The highest BCUT2D eigenvalue weighted by Gasteiger charge is 2.05. The molecule has 1 rings (SSSR count). The van der Waals surface area contributed by atoms with E-state index in [1.54, 1.807) is 18.2 Å². The molecular formula is C9H9N3OS. The average Bonchev–Trinajstić information content (AvgIpc) is 2.16. The summed E-state index contributed by atoms with van der Waals surface area (Å²) in [7, 11) is 0. The summed E-state index contributed by atoms with van der Waals surface area (Å²) in [4.78, 5) is 11.2. The Hall–Kier alpha value is -1.67. The molecule has 1 amide bonds. The lowest BCUT2D eigenvalue weighted by molar-refractivity contribution is -0.115. The number of carbonyl (C=O) groups excluding carboxylic acids is 1. The summed E-state index contributed by atoms with van der Waals surface area (Å²) in [6, 6.07) is 7.07. The molecule has 0 aliphatic carbocycles. The average molecular weight is 207 g/mol. The van der Waals surface area contributed by atoms with Crippen molar-refractivity contribution < 1.29 is 4.79 Å². The van der Waals surface area contributed by atoms with Gasteiger partial charge in [0.25, 0.3) is 0 Å². The van der Waals surface area contributed by atoms with Crippen LogP contribution in [0.5, 0.6) is 0 Å². The summed E-state index contributed by atoms with van der Waals surface area (Å²) in [6.07, 6.45) is 0. The van der Waals surface area contributed by atoms with Crippen LogP contribution in [0.25, 0.3) is 0 Å². The second-order valence-corrected chi connectivity index (χ2v) is 3.60. The maximum Gasteiger partial charge on any atom is 0.227 e. The van der Waals surface area contributed by atoms with Gasteiger partial charge in [0, 0.05) is 4.90 Å². The number of amides is 1. The summed E-state index contributed by atoms with van der Waals surface area (Å²) < 4.78 is 0. The van der Waals surface area contributed by atoms with E-state index in [4.69, 9.17) is 16.7 Å². The number of nitrogen functional groups attached to an aromatic ring is 1. The number of thioether (sulfide) groups is 1. The first-order valence-electron chi connectivity index (χ1n) is 3.85. The molecule has 4 N–H and O–H groups in total. The van der Waals surface area contributed by atoms with E-state index in [0.717, 1.165) is 0 Å². The predicted octanol–water partition coefficient (Wildman–Crippen LogP) is 0.718. The molecular weight excluding hydrogens is 198 g/mol. The summed E-state index contributed by atoms with van der Waals surface area (Å²) in [5.41, 5.74) is 11.5. The van der Waals surface area contributed by atoms with Crippen molar-refractivity contribution in [1.82, 2.24) is 0 Å². The molecule has 0 aliphatic heterocycles. The van der Waals surface area contributed by atoms with Gasteiger partial charge in [-0.25, -0.2) is 0 Å². The number of nitriles is 1. The lowest BCUT2D eigenvalue weighted by atomic mass is 10.2. The fraction of sp³-hybridized carbons (Fsp3) is 0.111. The number of benzene rings is 1. The van der Waals surface area contributed by atoms with Crippen molar-refractivity contribution in [2.24, 2.45) is 5.73 Å². The Kier molecular flexibility index (Phi) is 3.37. The van der Waals surface area contributed by atoms with Gasteiger partial charge >= 0.3 is 0 Å². The number of anilines is 1. The highest BCUT2D eigenvalue weighted by atomic mass is 32.2. The van der Waals surface area contributed by atoms with Crippen LogP contribution in [0.4, 0.5) is 5.69 Å². The Morgan fingerprint density at radius 1 is 1.57 bits per heavy atom. The lowest BCUT2D eigenvalue weighted by Gasteiger charge is -2.04. The fourth-order valence-corrected chi connectivity index (χ4v) is 1.65. The zero-order valence-corrected chi connectivity index (χ0v) is 8.17. The Morgan fingerprint density at radius 3 is 2.86 bits per heavy atom. The second kappa shape index (κ2) is 4.53. The second-order valence-electron chi connectivity index (χ2n) is 2.58. The molecule has 0 bridgehead atoms. The van der Waals surface area contributed by atoms with Crippen LogP contribution in [-0.4, -0.2) is 11.7 Å². The minimum absolute atomic E-state index is 0.166. The van der Waals surface area contributed by atoms with Crippen molar-refractivity contribution in [2.45, 2.75) is 4.90 Å². The maximum atomic E-state index is 10.5. The lowest BCUT2D eigenvalue weighted by Crippen LogP contribution is -2.13. The molecule has 1 aromatic carbocycles. The van der Waals surface area contributed by atoms with Crippen LogP contribution < -0.4 is 11.5 Å². The van der Waals surface area contributed by atoms with Crippen LogP contribution in [0.1, 0.15) is 5.56 Å². The van der Waals surface area contributed by atoms with Crippen LogP contribution >= 0.6 is 11.8 Å². The van der Waals surface area contributed by atoms with E-state index in [1.807, 2.05) is 6.07 Å². The molecule has 0 aliphatic rings. The summed E-state index contributed by atoms with van der Waals surface area (Å²) in [6.45, 7) is 0. The van der Waals surface area contributed by atoms with Gasteiger partial charge in [0.1, 0.15) is 6.07 Å². The van der Waals surface area contributed by atoms with Crippen LogP contribution in [0.3, 0.4) is 0 Å². The van der Waals surface area contributed by atoms with Gasteiger partial charge in [0.2, 0.25) is 5.91 Å². The first-order chi connectivity index (χ1) is 6.65. The van der Waals surface area contributed by atoms with Gasteiger partial charge in [-0.2, -0.15) is 5.26 Å². The fourth-order valence-electron chi connectivity index (χ4n) is 0.916. The van der Waals surface area contributed by atoms with Gasteiger partial charge in [-0.1, -0.05) is 6.07 Å². The van der Waals surface area contributed by atoms with Crippen molar-refractivity contribution in [3.8, 4) is 6.07 Å². The number of hydrogen-bond donors (Lipinski definition) is 2. The molecule has 0 fully saturated rings. The Bertz CT molecular complexity index is 398. The van der Waals surface area contributed by atoms with Crippen LogP contribution in [0, 0.1) is 11.3 Å². The molecule has 0 aromatic heterocycles. The zero-order chi connectivity index (χ0) is 10.6. The molecule has 0 unspecified atom stereocenters. The van der Waals surface area contributed by atoms with Crippen LogP contribution in [0.15, 0.2) is 23.1 Å². The number of rotatable bonds is 3. The van der Waals surface area contributed by atoms with Gasteiger partial charge in [-0.15, -0.1) is 11.8 Å². The third-order valence-electron chi connectivity index (χ3n) is 1.56. The highest BCUT2D eigenvalue weighted by Crippen LogP contribution is 2.26.